The Bertz CT molecular complexity index is 1500. The van der Waals surface area contributed by atoms with Crippen LogP contribution in [0.5, 0.6) is 0 Å². The highest BCUT2D eigenvalue weighted by atomic mass is 19.1. The number of piperidine rings is 1. The molecular formula is C24H23F2N9O. The van der Waals surface area contributed by atoms with Gasteiger partial charge in [0.2, 0.25) is 0 Å². The number of anilines is 1. The average molecular weight is 492 g/mol. The van der Waals surface area contributed by atoms with Crippen LogP contribution in [0, 0.1) is 11.6 Å². The van der Waals surface area contributed by atoms with Crippen LogP contribution in [0.15, 0.2) is 47.5 Å². The SMILES string of the molecule is CCc1noc(N2CCC(c3cnc(Cn4ccc5cc(-n6cnnn6)cc(F)c54)c(F)c3)CC2)n1. The topological polar surface area (TPSA) is 104 Å². The van der Waals surface area contributed by atoms with Crippen molar-refractivity contribution in [2.45, 2.75) is 38.6 Å². The summed E-state index contributed by atoms with van der Waals surface area (Å²) in [7, 11) is 0. The van der Waals surface area contributed by atoms with Gasteiger partial charge in [0.1, 0.15) is 18.0 Å². The third-order valence-electron chi connectivity index (χ3n) is 6.68. The molecule has 0 bridgehead atoms. The van der Waals surface area contributed by atoms with E-state index in [1.165, 1.54) is 17.1 Å². The first-order valence-electron chi connectivity index (χ1n) is 11.8. The second kappa shape index (κ2) is 9.10. The molecule has 0 unspecified atom stereocenters. The number of hydrogen-bond donors (Lipinski definition) is 0. The van der Waals surface area contributed by atoms with Gasteiger partial charge >= 0.3 is 6.01 Å². The van der Waals surface area contributed by atoms with Gasteiger partial charge < -0.3 is 14.0 Å². The molecular weight excluding hydrogens is 468 g/mol. The molecule has 1 fully saturated rings. The number of benzene rings is 1. The summed E-state index contributed by atoms with van der Waals surface area (Å²) >= 11 is 0. The van der Waals surface area contributed by atoms with Gasteiger partial charge in [0.25, 0.3) is 0 Å². The van der Waals surface area contributed by atoms with Crippen LogP contribution in [0.3, 0.4) is 0 Å². The normalized spacial score (nSPS) is 14.7. The van der Waals surface area contributed by atoms with Crippen LogP contribution in [0.4, 0.5) is 14.8 Å². The molecule has 1 aromatic carbocycles. The van der Waals surface area contributed by atoms with Crippen LogP contribution in [0.2, 0.25) is 0 Å². The van der Waals surface area contributed by atoms with Crippen molar-refractivity contribution >= 4 is 16.9 Å². The molecule has 10 nitrogen and oxygen atoms in total. The molecule has 0 radical (unpaired) electrons. The van der Waals surface area contributed by atoms with E-state index in [1.807, 2.05) is 6.92 Å². The van der Waals surface area contributed by atoms with Gasteiger partial charge in [-0.2, -0.15) is 4.98 Å². The number of tetrazole rings is 1. The summed E-state index contributed by atoms with van der Waals surface area (Å²) in [5.41, 5.74) is 2.00. The van der Waals surface area contributed by atoms with Gasteiger partial charge in [0.15, 0.2) is 5.82 Å². The molecule has 5 aromatic rings. The molecule has 1 saturated heterocycles. The minimum Gasteiger partial charge on any atom is -0.339 e. The summed E-state index contributed by atoms with van der Waals surface area (Å²) in [4.78, 5) is 10.9. The lowest BCUT2D eigenvalue weighted by molar-refractivity contribution is 0.389. The van der Waals surface area contributed by atoms with E-state index < -0.39 is 11.6 Å². The minimum absolute atomic E-state index is 0.117. The van der Waals surface area contributed by atoms with Gasteiger partial charge in [-0.1, -0.05) is 12.1 Å². The summed E-state index contributed by atoms with van der Waals surface area (Å²) in [5.74, 6) is 0.0452. The Morgan fingerprint density at radius 2 is 1.97 bits per heavy atom. The Hall–Kier alpha value is -4.22. The molecule has 5 heterocycles. The second-order valence-electron chi connectivity index (χ2n) is 8.87. The Balaban J connectivity index is 1.17. The standard InChI is InChI=1S/C24H23F2N9O/c1-2-22-29-24(36-30-22)33-6-3-15(4-7-33)17-10-19(25)21(27-12-17)13-34-8-5-16-9-18(11-20(26)23(16)34)35-14-28-31-32-35/h5,8-12,14-15H,2-4,6-7,13H2,1H3. The van der Waals surface area contributed by atoms with Gasteiger partial charge in [-0.15, -0.1) is 5.10 Å². The lowest BCUT2D eigenvalue weighted by atomic mass is 9.90. The summed E-state index contributed by atoms with van der Waals surface area (Å²) in [6, 6.07) is 7.01. The van der Waals surface area contributed by atoms with Crippen LogP contribution in [-0.4, -0.2) is 53.0 Å². The molecule has 1 aliphatic heterocycles. The predicted octanol–water partition coefficient (Wildman–Crippen LogP) is 3.67. The fraction of sp³-hybridized carbons (Fsp3) is 0.333. The van der Waals surface area contributed by atoms with E-state index in [1.54, 1.807) is 35.2 Å². The largest absolute Gasteiger partial charge is 0.339 e. The second-order valence-corrected chi connectivity index (χ2v) is 8.87. The van der Waals surface area contributed by atoms with E-state index >= 15 is 4.39 Å². The van der Waals surface area contributed by atoms with Crippen molar-refractivity contribution in [1.82, 2.24) is 39.9 Å². The summed E-state index contributed by atoms with van der Waals surface area (Å²) < 4.78 is 38.5. The number of nitrogens with zero attached hydrogens (tertiary/aromatic N) is 9. The molecule has 0 spiro atoms. The fourth-order valence-electron chi connectivity index (χ4n) is 4.73. The van der Waals surface area contributed by atoms with Gasteiger partial charge in [-0.3, -0.25) is 4.98 Å². The number of aromatic nitrogens is 8. The van der Waals surface area contributed by atoms with Crippen molar-refractivity contribution in [3.8, 4) is 5.69 Å². The van der Waals surface area contributed by atoms with Crippen LogP contribution >= 0.6 is 0 Å². The van der Waals surface area contributed by atoms with E-state index in [0.717, 1.165) is 37.9 Å². The van der Waals surface area contributed by atoms with E-state index in [2.05, 4.69) is 35.5 Å². The zero-order valence-corrected chi connectivity index (χ0v) is 19.6. The molecule has 184 valence electrons. The third kappa shape index (κ3) is 4.08. The van der Waals surface area contributed by atoms with Gasteiger partial charge in [0, 0.05) is 43.4 Å². The molecule has 4 aromatic heterocycles. The molecule has 36 heavy (non-hydrogen) atoms. The fourth-order valence-corrected chi connectivity index (χ4v) is 4.73. The van der Waals surface area contributed by atoms with Gasteiger partial charge in [0.05, 0.1) is 23.4 Å². The van der Waals surface area contributed by atoms with E-state index in [9.17, 15) is 4.39 Å². The Morgan fingerprint density at radius 3 is 2.69 bits per heavy atom. The highest BCUT2D eigenvalue weighted by Crippen LogP contribution is 2.31. The number of hydrogen-bond acceptors (Lipinski definition) is 8. The van der Waals surface area contributed by atoms with Crippen LogP contribution in [-0.2, 0) is 13.0 Å². The van der Waals surface area contributed by atoms with Crippen molar-refractivity contribution in [1.29, 1.82) is 0 Å². The molecule has 0 aliphatic carbocycles. The number of halogens is 2. The molecule has 0 amide bonds. The quantitative estimate of drug-likeness (QED) is 0.355. The first-order valence-corrected chi connectivity index (χ1v) is 11.8. The van der Waals surface area contributed by atoms with Crippen molar-refractivity contribution in [2.75, 3.05) is 18.0 Å². The number of rotatable bonds is 6. The smallest absolute Gasteiger partial charge is 0.324 e. The summed E-state index contributed by atoms with van der Waals surface area (Å²) in [5, 5.41) is 15.6. The summed E-state index contributed by atoms with van der Waals surface area (Å²) in [6.07, 6.45) is 7.25. The van der Waals surface area contributed by atoms with Crippen molar-refractivity contribution in [2.24, 2.45) is 0 Å². The Morgan fingerprint density at radius 1 is 1.11 bits per heavy atom. The van der Waals surface area contributed by atoms with Crippen LogP contribution < -0.4 is 4.90 Å². The maximum Gasteiger partial charge on any atom is 0.324 e. The van der Waals surface area contributed by atoms with Crippen LogP contribution in [0.25, 0.3) is 16.6 Å². The Kier molecular flexibility index (Phi) is 5.62. The molecule has 0 saturated carbocycles. The third-order valence-corrected chi connectivity index (χ3v) is 6.68. The number of aryl methyl sites for hydroxylation is 1. The average Bonchev–Trinajstić information content (AvgIpc) is 3.67. The molecule has 6 rings (SSSR count). The van der Waals surface area contributed by atoms with E-state index in [0.29, 0.717) is 28.4 Å². The van der Waals surface area contributed by atoms with Crippen LogP contribution in [0.1, 0.15) is 42.8 Å². The summed E-state index contributed by atoms with van der Waals surface area (Å²) in [6.45, 7) is 3.60. The first-order chi connectivity index (χ1) is 17.6. The highest BCUT2D eigenvalue weighted by molar-refractivity contribution is 5.83. The minimum atomic E-state index is -0.445. The van der Waals surface area contributed by atoms with E-state index in [-0.39, 0.29) is 18.2 Å². The number of fused-ring (bicyclic) bond motifs is 1. The van der Waals surface area contributed by atoms with Crippen molar-refractivity contribution in [3.63, 3.8) is 0 Å². The molecule has 0 atom stereocenters. The van der Waals surface area contributed by atoms with Crippen molar-refractivity contribution in [3.05, 3.63) is 71.7 Å². The maximum absolute atomic E-state index is 15.1. The predicted molar refractivity (Wildman–Crippen MR) is 126 cm³/mol. The van der Waals surface area contributed by atoms with Gasteiger partial charge in [-0.05, 0) is 52.9 Å². The van der Waals surface area contributed by atoms with E-state index in [4.69, 9.17) is 4.52 Å². The zero-order chi connectivity index (χ0) is 24.6. The first kappa shape index (κ1) is 22.3. The monoisotopic (exact) mass is 491 g/mol. The zero-order valence-electron chi connectivity index (χ0n) is 19.6. The molecule has 0 N–H and O–H groups in total. The highest BCUT2D eigenvalue weighted by Gasteiger charge is 2.25. The molecule has 12 heteroatoms. The van der Waals surface area contributed by atoms with Crippen molar-refractivity contribution < 1.29 is 13.3 Å². The Labute approximate surface area is 204 Å². The maximum atomic E-state index is 15.1. The molecule has 1 aliphatic rings. The lowest BCUT2D eigenvalue weighted by Gasteiger charge is -2.30. The lowest BCUT2D eigenvalue weighted by Crippen LogP contribution is -2.33. The number of pyridine rings is 1. The van der Waals surface area contributed by atoms with Gasteiger partial charge in [-0.25, -0.2) is 13.5 Å².